The summed E-state index contributed by atoms with van der Waals surface area (Å²) in [6, 6.07) is 12.7. The van der Waals surface area contributed by atoms with E-state index in [9.17, 15) is 18.8 Å². The van der Waals surface area contributed by atoms with Crippen molar-refractivity contribution in [2.24, 2.45) is 0 Å². The van der Waals surface area contributed by atoms with Crippen molar-refractivity contribution < 1.29 is 23.5 Å². The normalized spacial score (nSPS) is 10.2. The smallest absolute Gasteiger partial charge is 0.337 e. The van der Waals surface area contributed by atoms with E-state index in [4.69, 9.17) is 0 Å². The number of halogens is 1. The number of nitrogens with one attached hydrogen (secondary N) is 1. The molecule has 0 aliphatic heterocycles. The lowest BCUT2D eigenvalue weighted by atomic mass is 10.1. The first-order valence-electron chi connectivity index (χ1n) is 8.88. The number of anilines is 1. The van der Waals surface area contributed by atoms with Gasteiger partial charge in [-0.1, -0.05) is 18.2 Å². The van der Waals surface area contributed by atoms with Gasteiger partial charge in [0.15, 0.2) is 0 Å². The quantitative estimate of drug-likeness (QED) is 0.708. The van der Waals surface area contributed by atoms with Crippen LogP contribution in [-0.2, 0) is 20.7 Å². The van der Waals surface area contributed by atoms with Gasteiger partial charge in [-0.2, -0.15) is 0 Å². The number of carbonyl (C=O) groups excluding carboxylic acids is 3. The second-order valence-corrected chi connectivity index (χ2v) is 6.21. The SMILES string of the molecule is COC(=O)c1ccc(NC(=O)CCN(CCc2ccccc2F)C(C)=O)cc1. The summed E-state index contributed by atoms with van der Waals surface area (Å²) in [7, 11) is 1.30. The molecule has 0 atom stereocenters. The number of hydrogen-bond acceptors (Lipinski definition) is 4. The van der Waals surface area contributed by atoms with Crippen LogP contribution in [0.15, 0.2) is 48.5 Å². The third kappa shape index (κ3) is 6.19. The lowest BCUT2D eigenvalue weighted by molar-refractivity contribution is -0.129. The molecule has 2 rings (SSSR count). The Bertz CT molecular complexity index is 837. The lowest BCUT2D eigenvalue weighted by Gasteiger charge is -2.21. The molecule has 0 saturated heterocycles. The van der Waals surface area contributed by atoms with E-state index in [0.29, 0.717) is 29.8 Å². The highest BCUT2D eigenvalue weighted by molar-refractivity contribution is 5.93. The number of hydrogen-bond donors (Lipinski definition) is 1. The molecule has 0 spiro atoms. The zero-order chi connectivity index (χ0) is 20.5. The van der Waals surface area contributed by atoms with Gasteiger partial charge in [-0.05, 0) is 42.3 Å². The van der Waals surface area contributed by atoms with Crippen LogP contribution in [0.1, 0.15) is 29.3 Å². The van der Waals surface area contributed by atoms with Gasteiger partial charge in [-0.3, -0.25) is 9.59 Å². The monoisotopic (exact) mass is 386 g/mol. The third-order valence-electron chi connectivity index (χ3n) is 4.25. The van der Waals surface area contributed by atoms with Gasteiger partial charge in [0.1, 0.15) is 5.82 Å². The Hall–Kier alpha value is -3.22. The standard InChI is InChI=1S/C21H23FN2O4/c1-15(25)24(13-11-16-5-3-4-6-19(16)22)14-12-20(26)23-18-9-7-17(8-10-18)21(27)28-2/h3-10H,11-14H2,1-2H3,(H,23,26). The molecule has 0 aliphatic rings. The molecule has 0 unspecified atom stereocenters. The minimum Gasteiger partial charge on any atom is -0.465 e. The zero-order valence-electron chi connectivity index (χ0n) is 15.9. The fourth-order valence-electron chi connectivity index (χ4n) is 2.65. The molecule has 0 aliphatic carbocycles. The van der Waals surface area contributed by atoms with Crippen LogP contribution in [0.25, 0.3) is 0 Å². The van der Waals surface area contributed by atoms with Crippen molar-refractivity contribution >= 4 is 23.5 Å². The van der Waals surface area contributed by atoms with Crippen molar-refractivity contribution in [2.45, 2.75) is 19.8 Å². The number of benzene rings is 2. The van der Waals surface area contributed by atoms with Crippen LogP contribution in [0.3, 0.4) is 0 Å². The highest BCUT2D eigenvalue weighted by atomic mass is 19.1. The summed E-state index contributed by atoms with van der Waals surface area (Å²) in [6.07, 6.45) is 0.485. The number of methoxy groups -OCH3 is 1. The first-order valence-corrected chi connectivity index (χ1v) is 8.88. The maximum Gasteiger partial charge on any atom is 0.337 e. The predicted molar refractivity (Wildman–Crippen MR) is 103 cm³/mol. The molecule has 0 saturated carbocycles. The minimum atomic E-state index is -0.454. The van der Waals surface area contributed by atoms with Crippen molar-refractivity contribution in [3.8, 4) is 0 Å². The molecule has 2 aromatic carbocycles. The molecule has 7 heteroatoms. The van der Waals surface area contributed by atoms with Crippen LogP contribution in [0, 0.1) is 5.82 Å². The minimum absolute atomic E-state index is 0.107. The Morgan fingerprint density at radius 1 is 1.04 bits per heavy atom. The molecule has 0 aromatic heterocycles. The van der Waals surface area contributed by atoms with Crippen LogP contribution in [0.4, 0.5) is 10.1 Å². The first-order chi connectivity index (χ1) is 13.4. The lowest BCUT2D eigenvalue weighted by Crippen LogP contribution is -2.33. The van der Waals surface area contributed by atoms with E-state index < -0.39 is 5.97 Å². The Morgan fingerprint density at radius 3 is 2.32 bits per heavy atom. The van der Waals surface area contributed by atoms with Crippen molar-refractivity contribution in [1.29, 1.82) is 0 Å². The van der Waals surface area contributed by atoms with Crippen molar-refractivity contribution in [1.82, 2.24) is 4.90 Å². The Labute approximate surface area is 163 Å². The van der Waals surface area contributed by atoms with Crippen molar-refractivity contribution in [3.63, 3.8) is 0 Å². The number of carbonyl (C=O) groups is 3. The first kappa shape index (κ1) is 21.1. The van der Waals surface area contributed by atoms with Gasteiger partial charge in [0, 0.05) is 32.1 Å². The van der Waals surface area contributed by atoms with E-state index in [1.54, 1.807) is 42.5 Å². The Kier molecular flexibility index (Phi) is 7.68. The molecule has 0 heterocycles. The van der Waals surface area contributed by atoms with Crippen LogP contribution in [0.5, 0.6) is 0 Å². The molecular formula is C21H23FN2O4. The van der Waals surface area contributed by atoms with E-state index >= 15 is 0 Å². The highest BCUT2D eigenvalue weighted by Gasteiger charge is 2.13. The summed E-state index contributed by atoms with van der Waals surface area (Å²) >= 11 is 0. The van der Waals surface area contributed by atoms with E-state index in [0.717, 1.165) is 0 Å². The van der Waals surface area contributed by atoms with Gasteiger partial charge in [-0.25, -0.2) is 9.18 Å². The molecule has 2 aromatic rings. The van der Waals surface area contributed by atoms with Gasteiger partial charge in [0.25, 0.3) is 0 Å². The second-order valence-electron chi connectivity index (χ2n) is 6.21. The van der Waals surface area contributed by atoms with Crippen LogP contribution in [-0.4, -0.2) is 42.9 Å². The largest absolute Gasteiger partial charge is 0.465 e. The molecule has 2 amide bonds. The fraction of sp³-hybridized carbons (Fsp3) is 0.286. The van der Waals surface area contributed by atoms with Crippen molar-refractivity contribution in [2.75, 3.05) is 25.5 Å². The van der Waals surface area contributed by atoms with Gasteiger partial charge in [0.05, 0.1) is 12.7 Å². The fourth-order valence-corrected chi connectivity index (χ4v) is 2.65. The molecule has 0 bridgehead atoms. The zero-order valence-corrected chi connectivity index (χ0v) is 15.9. The van der Waals surface area contributed by atoms with E-state index in [-0.39, 0.29) is 30.6 Å². The van der Waals surface area contributed by atoms with Crippen LogP contribution in [0.2, 0.25) is 0 Å². The molecule has 148 valence electrons. The van der Waals surface area contributed by atoms with E-state index in [2.05, 4.69) is 10.1 Å². The topological polar surface area (TPSA) is 75.7 Å². The van der Waals surface area contributed by atoms with Crippen molar-refractivity contribution in [3.05, 3.63) is 65.5 Å². The highest BCUT2D eigenvalue weighted by Crippen LogP contribution is 2.12. The van der Waals surface area contributed by atoms with Gasteiger partial charge >= 0.3 is 5.97 Å². The number of nitrogens with zero attached hydrogens (tertiary/aromatic N) is 1. The number of esters is 1. The molecule has 1 N–H and O–H groups in total. The maximum atomic E-state index is 13.7. The average Bonchev–Trinajstić information content (AvgIpc) is 2.68. The van der Waals surface area contributed by atoms with Gasteiger partial charge < -0.3 is 15.0 Å². The summed E-state index contributed by atoms with van der Waals surface area (Å²) in [5.74, 6) is -1.20. The molecule has 6 nitrogen and oxygen atoms in total. The summed E-state index contributed by atoms with van der Waals surface area (Å²) < 4.78 is 18.3. The second kappa shape index (κ2) is 10.2. The Balaban J connectivity index is 1.85. The average molecular weight is 386 g/mol. The molecular weight excluding hydrogens is 363 g/mol. The van der Waals surface area contributed by atoms with Crippen LogP contribution < -0.4 is 5.32 Å². The maximum absolute atomic E-state index is 13.7. The summed E-state index contributed by atoms with van der Waals surface area (Å²) in [5.41, 5.74) is 1.46. The van der Waals surface area contributed by atoms with Gasteiger partial charge in [0.2, 0.25) is 11.8 Å². The summed E-state index contributed by atoms with van der Waals surface area (Å²) in [4.78, 5) is 36.9. The van der Waals surface area contributed by atoms with Crippen LogP contribution >= 0.6 is 0 Å². The molecule has 0 radical (unpaired) electrons. The van der Waals surface area contributed by atoms with E-state index in [1.807, 2.05) is 0 Å². The number of amides is 2. The molecule has 0 fully saturated rings. The predicted octanol–water partition coefficient (Wildman–Crippen LogP) is 3.03. The summed E-state index contributed by atoms with van der Waals surface area (Å²) in [5, 5.41) is 2.71. The third-order valence-corrected chi connectivity index (χ3v) is 4.25. The number of rotatable bonds is 8. The van der Waals surface area contributed by atoms with E-state index in [1.165, 1.54) is 25.0 Å². The Morgan fingerprint density at radius 2 is 1.71 bits per heavy atom. The molecule has 28 heavy (non-hydrogen) atoms. The number of ether oxygens (including phenoxy) is 1. The summed E-state index contributed by atoms with van der Waals surface area (Å²) in [6.45, 7) is 1.98. The van der Waals surface area contributed by atoms with Gasteiger partial charge in [-0.15, -0.1) is 0 Å².